The summed E-state index contributed by atoms with van der Waals surface area (Å²) in [4.78, 5) is 15.7. The van der Waals surface area contributed by atoms with Crippen molar-refractivity contribution in [1.29, 1.82) is 5.26 Å². The van der Waals surface area contributed by atoms with Crippen LogP contribution < -0.4 is 5.32 Å². The van der Waals surface area contributed by atoms with E-state index in [9.17, 15) is 4.79 Å². The van der Waals surface area contributed by atoms with Gasteiger partial charge in [-0.25, -0.2) is 4.98 Å². The summed E-state index contributed by atoms with van der Waals surface area (Å²) < 4.78 is 0.596. The van der Waals surface area contributed by atoms with Crippen LogP contribution in [0.4, 0.5) is 0 Å². The molecule has 0 saturated heterocycles. The van der Waals surface area contributed by atoms with Crippen molar-refractivity contribution >= 4 is 21.8 Å². The highest BCUT2D eigenvalue weighted by atomic mass is 79.9. The van der Waals surface area contributed by atoms with Crippen molar-refractivity contribution in [2.75, 3.05) is 0 Å². The number of nitrogens with zero attached hydrogens (tertiary/aromatic N) is 2. The van der Waals surface area contributed by atoms with Crippen molar-refractivity contribution < 1.29 is 4.79 Å². The van der Waals surface area contributed by atoms with E-state index < -0.39 is 6.04 Å². The molecule has 1 atom stereocenters. The van der Waals surface area contributed by atoms with Crippen LogP contribution in [-0.4, -0.2) is 16.9 Å². The highest BCUT2D eigenvalue weighted by Gasteiger charge is 2.16. The quantitative estimate of drug-likeness (QED) is 0.863. The fourth-order valence-electron chi connectivity index (χ4n) is 1.12. The molecule has 0 aliphatic heterocycles. The highest BCUT2D eigenvalue weighted by molar-refractivity contribution is 9.10. The number of pyridine rings is 1. The van der Waals surface area contributed by atoms with E-state index in [-0.39, 0.29) is 11.8 Å². The highest BCUT2D eigenvalue weighted by Crippen LogP contribution is 2.09. The molecule has 16 heavy (non-hydrogen) atoms. The molecule has 0 aliphatic carbocycles. The summed E-state index contributed by atoms with van der Waals surface area (Å²) in [6.45, 7) is 3.77. The molecule has 4 nitrogen and oxygen atoms in total. The van der Waals surface area contributed by atoms with Crippen LogP contribution in [0.1, 0.15) is 24.2 Å². The van der Waals surface area contributed by atoms with Gasteiger partial charge in [-0.1, -0.05) is 13.8 Å². The molecule has 0 spiro atoms. The number of rotatable bonds is 3. The van der Waals surface area contributed by atoms with Crippen molar-refractivity contribution in [3.63, 3.8) is 0 Å². The van der Waals surface area contributed by atoms with Gasteiger partial charge < -0.3 is 5.32 Å². The summed E-state index contributed by atoms with van der Waals surface area (Å²) in [5.74, 6) is -0.178. The van der Waals surface area contributed by atoms with Gasteiger partial charge in [-0.3, -0.25) is 4.79 Å². The molecular weight excluding hydrogens is 270 g/mol. The average molecular weight is 282 g/mol. The van der Waals surface area contributed by atoms with Crippen molar-refractivity contribution in [3.8, 4) is 6.07 Å². The number of aromatic nitrogens is 1. The van der Waals surface area contributed by atoms with Gasteiger partial charge >= 0.3 is 0 Å². The molecule has 0 saturated carbocycles. The van der Waals surface area contributed by atoms with Gasteiger partial charge in [-0.2, -0.15) is 5.26 Å². The summed E-state index contributed by atoms with van der Waals surface area (Å²) in [6.07, 6.45) is 1.54. The summed E-state index contributed by atoms with van der Waals surface area (Å²) in [5.41, 5.74) is 0.489. The first-order valence-corrected chi connectivity index (χ1v) is 5.66. The zero-order chi connectivity index (χ0) is 12.1. The minimum absolute atomic E-state index is 0.0826. The second-order valence-corrected chi connectivity index (χ2v) is 4.50. The summed E-state index contributed by atoms with van der Waals surface area (Å²) >= 11 is 3.19. The Bertz CT molecular complexity index is 425. The SMILES string of the molecule is CC(C)C(C#N)NC(=O)c1ccnc(Br)c1. The fourth-order valence-corrected chi connectivity index (χ4v) is 1.48. The van der Waals surface area contributed by atoms with Crippen LogP contribution in [-0.2, 0) is 0 Å². The van der Waals surface area contributed by atoms with E-state index in [1.165, 1.54) is 6.20 Å². The van der Waals surface area contributed by atoms with Crippen LogP contribution in [0.2, 0.25) is 0 Å². The maximum absolute atomic E-state index is 11.8. The summed E-state index contributed by atoms with van der Waals surface area (Å²) in [5, 5.41) is 11.5. The van der Waals surface area contributed by atoms with Gasteiger partial charge in [0, 0.05) is 11.8 Å². The van der Waals surface area contributed by atoms with Crippen LogP contribution in [0.3, 0.4) is 0 Å². The lowest BCUT2D eigenvalue weighted by atomic mass is 10.1. The standard InChI is InChI=1S/C11H12BrN3O/c1-7(2)9(6-13)15-11(16)8-3-4-14-10(12)5-8/h3-5,7,9H,1-2H3,(H,15,16). The van der Waals surface area contributed by atoms with Gasteiger partial charge in [0.15, 0.2) is 0 Å². The molecule has 0 bridgehead atoms. The van der Waals surface area contributed by atoms with Crippen molar-refractivity contribution in [2.24, 2.45) is 5.92 Å². The largest absolute Gasteiger partial charge is 0.336 e. The number of nitrogens with one attached hydrogen (secondary N) is 1. The maximum atomic E-state index is 11.8. The molecule has 1 unspecified atom stereocenters. The summed E-state index contributed by atoms with van der Waals surface area (Å²) in [6, 6.07) is 4.81. The zero-order valence-corrected chi connectivity index (χ0v) is 10.7. The number of amides is 1. The molecule has 84 valence electrons. The molecule has 1 aromatic heterocycles. The molecule has 1 N–H and O–H groups in total. The lowest BCUT2D eigenvalue weighted by Gasteiger charge is -2.14. The molecule has 1 amide bonds. The van der Waals surface area contributed by atoms with Crippen LogP contribution in [0.15, 0.2) is 22.9 Å². The van der Waals surface area contributed by atoms with Crippen LogP contribution in [0, 0.1) is 17.2 Å². The lowest BCUT2D eigenvalue weighted by Crippen LogP contribution is -2.37. The average Bonchev–Trinajstić information content (AvgIpc) is 2.25. The van der Waals surface area contributed by atoms with Gasteiger partial charge in [-0.05, 0) is 34.0 Å². The van der Waals surface area contributed by atoms with Gasteiger partial charge in [0.1, 0.15) is 10.6 Å². The Morgan fingerprint density at radius 1 is 1.62 bits per heavy atom. The van der Waals surface area contributed by atoms with Gasteiger partial charge in [-0.15, -0.1) is 0 Å². The third-order valence-electron chi connectivity index (χ3n) is 2.08. The first-order valence-electron chi connectivity index (χ1n) is 4.86. The first-order chi connectivity index (χ1) is 7.54. The zero-order valence-electron chi connectivity index (χ0n) is 9.07. The normalized spacial score (nSPS) is 11.9. The van der Waals surface area contributed by atoms with Crippen molar-refractivity contribution in [2.45, 2.75) is 19.9 Å². The Kier molecular flexibility index (Phi) is 4.44. The molecule has 0 aliphatic rings. The summed E-state index contributed by atoms with van der Waals surface area (Å²) in [7, 11) is 0. The molecule has 0 radical (unpaired) electrons. The Labute approximate surface area is 103 Å². The van der Waals surface area contributed by atoms with Crippen LogP contribution in [0.25, 0.3) is 0 Å². The van der Waals surface area contributed by atoms with E-state index in [1.54, 1.807) is 12.1 Å². The lowest BCUT2D eigenvalue weighted by molar-refractivity contribution is 0.0937. The predicted octanol–water partition coefficient (Wildman–Crippen LogP) is 2.12. The topological polar surface area (TPSA) is 65.8 Å². The Morgan fingerprint density at radius 2 is 2.31 bits per heavy atom. The Balaban J connectivity index is 2.77. The van der Waals surface area contributed by atoms with E-state index in [0.717, 1.165) is 0 Å². The Hall–Kier alpha value is -1.41. The number of nitriles is 1. The predicted molar refractivity (Wildman–Crippen MR) is 63.6 cm³/mol. The first kappa shape index (κ1) is 12.7. The monoisotopic (exact) mass is 281 g/mol. The second-order valence-electron chi connectivity index (χ2n) is 3.69. The molecular formula is C11H12BrN3O. The number of hydrogen-bond acceptors (Lipinski definition) is 3. The second kappa shape index (κ2) is 5.61. The minimum atomic E-state index is -0.473. The molecule has 1 aromatic rings. The number of carbonyl (C=O) groups excluding carboxylic acids is 1. The maximum Gasteiger partial charge on any atom is 0.252 e. The van der Waals surface area contributed by atoms with E-state index in [4.69, 9.17) is 5.26 Å². The van der Waals surface area contributed by atoms with Crippen LogP contribution in [0.5, 0.6) is 0 Å². The molecule has 5 heteroatoms. The van der Waals surface area contributed by atoms with E-state index in [2.05, 4.69) is 32.3 Å². The van der Waals surface area contributed by atoms with Gasteiger partial charge in [0.25, 0.3) is 5.91 Å². The third kappa shape index (κ3) is 3.31. The van der Waals surface area contributed by atoms with Crippen molar-refractivity contribution in [3.05, 3.63) is 28.5 Å². The number of halogens is 1. The number of carbonyl (C=O) groups is 1. The third-order valence-corrected chi connectivity index (χ3v) is 2.51. The molecule has 1 heterocycles. The van der Waals surface area contributed by atoms with E-state index in [0.29, 0.717) is 10.2 Å². The minimum Gasteiger partial charge on any atom is -0.336 e. The Morgan fingerprint density at radius 3 is 2.81 bits per heavy atom. The molecule has 0 aromatic carbocycles. The smallest absolute Gasteiger partial charge is 0.252 e. The van der Waals surface area contributed by atoms with Gasteiger partial charge in [0.05, 0.1) is 6.07 Å². The van der Waals surface area contributed by atoms with E-state index >= 15 is 0 Å². The number of hydrogen-bond donors (Lipinski definition) is 1. The van der Waals surface area contributed by atoms with E-state index in [1.807, 2.05) is 13.8 Å². The molecule has 0 fully saturated rings. The van der Waals surface area contributed by atoms with Crippen molar-refractivity contribution in [1.82, 2.24) is 10.3 Å². The fraction of sp³-hybridized carbons (Fsp3) is 0.364. The van der Waals surface area contributed by atoms with Gasteiger partial charge in [0.2, 0.25) is 0 Å². The van der Waals surface area contributed by atoms with Crippen LogP contribution >= 0.6 is 15.9 Å². The molecule has 1 rings (SSSR count).